The highest BCUT2D eigenvalue weighted by Crippen LogP contribution is 2.24. The number of hydrogen-bond donors (Lipinski definition) is 4. The highest BCUT2D eigenvalue weighted by atomic mass is 16.3. The van der Waals surface area contributed by atoms with Crippen molar-refractivity contribution in [2.24, 2.45) is 10.8 Å². The third-order valence-electron chi connectivity index (χ3n) is 3.50. The average Bonchev–Trinajstić information content (AvgIpc) is 2.57. The number of primary amides is 1. The molecule has 0 atom stereocenters. The third-order valence-corrected chi connectivity index (χ3v) is 3.50. The van der Waals surface area contributed by atoms with Gasteiger partial charge in [0.2, 0.25) is 5.88 Å². The Kier molecular flexibility index (Phi) is 4.04. The molecule has 0 saturated carbocycles. The molecule has 126 valence electrons. The molecule has 0 saturated heterocycles. The van der Waals surface area contributed by atoms with Crippen LogP contribution in [0.4, 0.5) is 4.79 Å². The molecule has 5 N–H and O–H groups in total. The number of nitrogens with zero attached hydrogens (tertiary/aromatic N) is 2. The zero-order valence-electron chi connectivity index (χ0n) is 12.8. The van der Waals surface area contributed by atoms with Gasteiger partial charge in [0, 0.05) is 5.39 Å². The first kappa shape index (κ1) is 16.0. The number of rotatable bonds is 3. The van der Waals surface area contributed by atoms with E-state index in [1.54, 1.807) is 24.3 Å². The molecule has 25 heavy (non-hydrogen) atoms. The first-order chi connectivity index (χ1) is 12.0. The smallest absolute Gasteiger partial charge is 0.335 e. The van der Waals surface area contributed by atoms with Gasteiger partial charge in [0.1, 0.15) is 5.56 Å². The molecule has 0 radical (unpaired) electrons. The molecule has 2 amide bonds. The number of benzene rings is 2. The molecule has 3 aromatic rings. The van der Waals surface area contributed by atoms with Crippen molar-refractivity contribution in [3.63, 3.8) is 0 Å². The van der Waals surface area contributed by atoms with E-state index in [0.717, 1.165) is 16.2 Å². The second-order valence-corrected chi connectivity index (χ2v) is 5.06. The molecule has 0 bridgehead atoms. The van der Waals surface area contributed by atoms with Crippen molar-refractivity contribution in [2.75, 3.05) is 0 Å². The number of carbonyl (C=O) groups excluding carboxylic acids is 1. The van der Waals surface area contributed by atoms with E-state index < -0.39 is 23.2 Å². The van der Waals surface area contributed by atoms with E-state index >= 15 is 0 Å². The number of H-pyrrole nitrogens is 1. The zero-order chi connectivity index (χ0) is 18.0. The largest absolute Gasteiger partial charge is 0.493 e. The molecular weight excluding hydrogens is 326 g/mol. The number of carbonyl (C=O) groups is 1. The maximum Gasteiger partial charge on any atom is 0.335 e. The van der Waals surface area contributed by atoms with Crippen LogP contribution in [0.5, 0.6) is 5.88 Å². The Bertz CT molecular complexity index is 1110. The summed E-state index contributed by atoms with van der Waals surface area (Å²) in [7, 11) is 0. The lowest BCUT2D eigenvalue weighted by Crippen LogP contribution is -2.32. The molecule has 0 aliphatic rings. The zero-order valence-corrected chi connectivity index (χ0v) is 12.8. The van der Waals surface area contributed by atoms with Crippen molar-refractivity contribution >= 4 is 23.0 Å². The number of amides is 2. The number of hydrazone groups is 1. The van der Waals surface area contributed by atoms with Gasteiger partial charge >= 0.3 is 11.7 Å². The van der Waals surface area contributed by atoms with Crippen molar-refractivity contribution in [1.29, 1.82) is 0 Å². The van der Waals surface area contributed by atoms with Gasteiger partial charge < -0.3 is 10.8 Å². The van der Waals surface area contributed by atoms with Crippen LogP contribution in [0.25, 0.3) is 16.5 Å². The minimum atomic E-state index is -0.936. The minimum absolute atomic E-state index is 0.304. The van der Waals surface area contributed by atoms with E-state index in [1.165, 1.54) is 0 Å². The fourth-order valence-corrected chi connectivity index (χ4v) is 2.44. The molecule has 0 unspecified atom stereocenters. The van der Waals surface area contributed by atoms with E-state index in [0.29, 0.717) is 11.1 Å². The fourth-order valence-electron chi connectivity index (χ4n) is 2.44. The molecule has 0 fully saturated rings. The van der Waals surface area contributed by atoms with E-state index in [-0.39, 0.29) is 5.56 Å². The number of aromatic nitrogens is 2. The summed E-state index contributed by atoms with van der Waals surface area (Å²) >= 11 is 0. The topological polar surface area (TPSA) is 143 Å². The van der Waals surface area contributed by atoms with Crippen molar-refractivity contribution < 1.29 is 9.90 Å². The Morgan fingerprint density at radius 3 is 2.68 bits per heavy atom. The van der Waals surface area contributed by atoms with Gasteiger partial charge in [-0.25, -0.2) is 19.6 Å². The number of nitrogens with two attached hydrogens (primary N) is 1. The summed E-state index contributed by atoms with van der Waals surface area (Å²) in [6.07, 6.45) is 0.903. The summed E-state index contributed by atoms with van der Waals surface area (Å²) in [5.74, 6) is -0.611. The second-order valence-electron chi connectivity index (χ2n) is 5.06. The van der Waals surface area contributed by atoms with Crippen molar-refractivity contribution in [3.05, 3.63) is 68.9 Å². The molecule has 1 aromatic heterocycles. The van der Waals surface area contributed by atoms with E-state index in [2.05, 4.69) is 10.1 Å². The Morgan fingerprint density at radius 2 is 1.92 bits per heavy atom. The highest BCUT2D eigenvalue weighted by Gasteiger charge is 2.15. The van der Waals surface area contributed by atoms with E-state index in [4.69, 9.17) is 5.73 Å². The molecule has 0 aliphatic heterocycles. The molecule has 3 rings (SSSR count). The van der Waals surface area contributed by atoms with Crippen molar-refractivity contribution in [2.45, 2.75) is 0 Å². The number of urea groups is 1. The van der Waals surface area contributed by atoms with E-state index in [9.17, 15) is 19.5 Å². The summed E-state index contributed by atoms with van der Waals surface area (Å²) in [5.41, 5.74) is 5.20. The van der Waals surface area contributed by atoms with Gasteiger partial charge in [-0.05, 0) is 11.5 Å². The minimum Gasteiger partial charge on any atom is -0.493 e. The van der Waals surface area contributed by atoms with Crippen LogP contribution in [0.2, 0.25) is 0 Å². The second kappa shape index (κ2) is 6.32. The standard InChI is InChI=1S/C16H13N5O4/c17-15(24)20-18-8-11-13(22)19-16(25)21(14(11)23)12-7-3-5-9-4-1-2-6-10(9)12/h1-8,23H,(H3,17,20,24)(H,19,22,25). The lowest BCUT2D eigenvalue weighted by Gasteiger charge is -2.12. The van der Waals surface area contributed by atoms with Crippen LogP contribution < -0.4 is 22.4 Å². The molecular formula is C16H13N5O4. The molecule has 9 nitrogen and oxygen atoms in total. The first-order valence-corrected chi connectivity index (χ1v) is 7.14. The Labute approximate surface area is 140 Å². The van der Waals surface area contributed by atoms with Gasteiger partial charge in [0.15, 0.2) is 0 Å². The number of nitrogens with one attached hydrogen (secondary N) is 2. The SMILES string of the molecule is NC(=O)NN=Cc1c(O)n(-c2cccc3ccccc23)c(=O)[nH]c1=O. The number of aromatic hydroxyl groups is 1. The van der Waals surface area contributed by atoms with Crippen LogP contribution in [0.15, 0.2) is 57.2 Å². The van der Waals surface area contributed by atoms with Gasteiger partial charge in [0.05, 0.1) is 11.9 Å². The summed E-state index contributed by atoms with van der Waals surface area (Å²) < 4.78 is 0.954. The Morgan fingerprint density at radius 1 is 1.20 bits per heavy atom. The van der Waals surface area contributed by atoms with Crippen LogP contribution in [0.3, 0.4) is 0 Å². The lowest BCUT2D eigenvalue weighted by molar-refractivity contribution is 0.249. The highest BCUT2D eigenvalue weighted by molar-refractivity contribution is 5.91. The number of aromatic amines is 1. The maximum absolute atomic E-state index is 12.3. The van der Waals surface area contributed by atoms with Crippen molar-refractivity contribution in [3.8, 4) is 11.6 Å². The molecule has 1 heterocycles. The van der Waals surface area contributed by atoms with Gasteiger partial charge in [0.25, 0.3) is 5.56 Å². The molecule has 0 spiro atoms. The quantitative estimate of drug-likeness (QED) is 0.404. The Hall–Kier alpha value is -3.88. The normalized spacial score (nSPS) is 11.0. The molecule has 2 aromatic carbocycles. The van der Waals surface area contributed by atoms with E-state index in [1.807, 2.05) is 23.6 Å². The molecule has 0 aliphatic carbocycles. The number of fused-ring (bicyclic) bond motifs is 1. The monoisotopic (exact) mass is 339 g/mol. The van der Waals surface area contributed by atoms with Gasteiger partial charge in [-0.1, -0.05) is 36.4 Å². The van der Waals surface area contributed by atoms with Gasteiger partial charge in [-0.15, -0.1) is 0 Å². The van der Waals surface area contributed by atoms with Crippen LogP contribution >= 0.6 is 0 Å². The fraction of sp³-hybridized carbons (Fsp3) is 0. The predicted molar refractivity (Wildman–Crippen MR) is 92.1 cm³/mol. The van der Waals surface area contributed by atoms with Gasteiger partial charge in [-0.3, -0.25) is 9.78 Å². The molecule has 9 heteroatoms. The van der Waals surface area contributed by atoms with Crippen LogP contribution in [0, 0.1) is 0 Å². The van der Waals surface area contributed by atoms with Crippen LogP contribution in [0.1, 0.15) is 5.56 Å². The lowest BCUT2D eigenvalue weighted by atomic mass is 10.1. The predicted octanol–water partition coefficient (Wildman–Crippen LogP) is 0.387. The maximum atomic E-state index is 12.3. The van der Waals surface area contributed by atoms with Crippen LogP contribution in [-0.4, -0.2) is 26.9 Å². The van der Waals surface area contributed by atoms with Crippen molar-refractivity contribution in [1.82, 2.24) is 15.0 Å². The number of hydrogen-bond acceptors (Lipinski definition) is 5. The average molecular weight is 339 g/mol. The first-order valence-electron chi connectivity index (χ1n) is 7.14. The summed E-state index contributed by atoms with van der Waals surface area (Å²) in [4.78, 5) is 36.9. The Balaban J connectivity index is 2.26. The van der Waals surface area contributed by atoms with Crippen LogP contribution in [-0.2, 0) is 0 Å². The summed E-state index contributed by atoms with van der Waals surface area (Å²) in [6.45, 7) is 0. The summed E-state index contributed by atoms with van der Waals surface area (Å²) in [5, 5.41) is 15.4. The van der Waals surface area contributed by atoms with Gasteiger partial charge in [-0.2, -0.15) is 5.10 Å². The third kappa shape index (κ3) is 2.98. The summed E-state index contributed by atoms with van der Waals surface area (Å²) in [6, 6.07) is 11.5.